The maximum atomic E-state index is 12.8. The molecule has 1 fully saturated rings. The van der Waals surface area contributed by atoms with Crippen molar-refractivity contribution in [3.8, 4) is 0 Å². The summed E-state index contributed by atoms with van der Waals surface area (Å²) < 4.78 is 30.5. The van der Waals surface area contributed by atoms with E-state index in [2.05, 4.69) is 21.1 Å². The second-order valence-corrected chi connectivity index (χ2v) is 9.13. The van der Waals surface area contributed by atoms with Gasteiger partial charge in [-0.15, -0.1) is 0 Å². The molecule has 2 aromatic rings. The number of benzene rings is 1. The highest BCUT2D eigenvalue weighted by Crippen LogP contribution is 2.42. The van der Waals surface area contributed by atoms with Gasteiger partial charge in [-0.05, 0) is 63.5 Å². The first kappa shape index (κ1) is 16.1. The molecule has 0 atom stereocenters. The lowest BCUT2D eigenvalue weighted by Crippen LogP contribution is -2.11. The summed E-state index contributed by atoms with van der Waals surface area (Å²) in [4.78, 5) is 12.8. The van der Waals surface area contributed by atoms with E-state index in [-0.39, 0.29) is 22.2 Å². The fraction of sp³-hybridized carbons (Fsp3) is 0.286. The lowest BCUT2D eigenvalue weighted by molar-refractivity contribution is 0.103. The van der Waals surface area contributed by atoms with Gasteiger partial charge in [0.1, 0.15) is 0 Å². The normalized spacial score (nSPS) is 15.0. The van der Waals surface area contributed by atoms with Gasteiger partial charge < -0.3 is 4.52 Å². The van der Waals surface area contributed by atoms with Gasteiger partial charge in [-0.3, -0.25) is 4.79 Å². The quantitative estimate of drug-likeness (QED) is 0.478. The Labute approximate surface area is 149 Å². The summed E-state index contributed by atoms with van der Waals surface area (Å²) in [5.41, 5.74) is 0.486. The first-order valence-electron chi connectivity index (χ1n) is 6.48. The lowest BCUT2D eigenvalue weighted by Gasteiger charge is -2.10. The average Bonchev–Trinajstić information content (AvgIpc) is 3.17. The number of ketones is 1. The molecule has 1 aliphatic carbocycles. The molecule has 0 unspecified atom stereocenters. The van der Waals surface area contributed by atoms with Gasteiger partial charge in [0.25, 0.3) is 0 Å². The average molecular weight is 496 g/mol. The van der Waals surface area contributed by atoms with Crippen molar-refractivity contribution in [2.45, 2.75) is 23.7 Å². The molecule has 1 saturated carbocycles. The zero-order valence-electron chi connectivity index (χ0n) is 11.5. The molecule has 5 nitrogen and oxygen atoms in total. The standard InChI is InChI=1S/C14H11BrINO4S/c1-22(19,20)14-8(4-5-10(16)11(14)15)12(18)9-6-17-21-13(9)7-2-3-7/h4-7H,2-3H2,1H3. The van der Waals surface area contributed by atoms with Gasteiger partial charge in [0.2, 0.25) is 0 Å². The predicted octanol–water partition coefficient (Wildman–Crippen LogP) is 3.55. The van der Waals surface area contributed by atoms with Crippen molar-refractivity contribution in [2.24, 2.45) is 0 Å². The number of aromatic nitrogens is 1. The van der Waals surface area contributed by atoms with Gasteiger partial charge in [0.05, 0.1) is 21.1 Å². The van der Waals surface area contributed by atoms with Crippen molar-refractivity contribution >= 4 is 54.1 Å². The minimum Gasteiger partial charge on any atom is -0.360 e. The number of hydrogen-bond acceptors (Lipinski definition) is 5. The van der Waals surface area contributed by atoms with Crippen molar-refractivity contribution in [3.05, 3.63) is 43.3 Å². The van der Waals surface area contributed by atoms with E-state index in [0.29, 0.717) is 15.8 Å². The Morgan fingerprint density at radius 3 is 2.64 bits per heavy atom. The first-order chi connectivity index (χ1) is 10.3. The molecule has 8 heteroatoms. The SMILES string of the molecule is CS(=O)(=O)c1c(C(=O)c2cnoc2C2CC2)ccc(I)c1Br. The Morgan fingerprint density at radius 2 is 2.05 bits per heavy atom. The number of carbonyl (C=O) groups excluding carboxylic acids is 1. The molecule has 0 N–H and O–H groups in total. The summed E-state index contributed by atoms with van der Waals surface area (Å²) in [7, 11) is -3.56. The van der Waals surface area contributed by atoms with Crippen LogP contribution in [0.2, 0.25) is 0 Å². The van der Waals surface area contributed by atoms with Gasteiger partial charge >= 0.3 is 0 Å². The van der Waals surface area contributed by atoms with Crippen molar-refractivity contribution < 1.29 is 17.7 Å². The monoisotopic (exact) mass is 495 g/mol. The Hall–Kier alpha value is -0.740. The molecule has 0 saturated heterocycles. The highest BCUT2D eigenvalue weighted by molar-refractivity contribution is 14.1. The summed E-state index contributed by atoms with van der Waals surface area (Å²) in [6.45, 7) is 0. The number of halogens is 2. The number of carbonyl (C=O) groups is 1. The van der Waals surface area contributed by atoms with Crippen molar-refractivity contribution in [1.82, 2.24) is 5.16 Å². The molecule has 3 rings (SSSR count). The summed E-state index contributed by atoms with van der Waals surface area (Å²) in [6, 6.07) is 3.24. The highest BCUT2D eigenvalue weighted by Gasteiger charge is 2.34. The molecule has 1 aliphatic rings. The number of sulfone groups is 1. The Morgan fingerprint density at radius 1 is 1.36 bits per heavy atom. The third kappa shape index (κ3) is 2.88. The van der Waals surface area contributed by atoms with Crippen LogP contribution in [0.15, 0.2) is 32.2 Å². The summed E-state index contributed by atoms with van der Waals surface area (Å²) in [5.74, 6) is 0.398. The van der Waals surface area contributed by atoms with E-state index in [1.54, 1.807) is 6.07 Å². The van der Waals surface area contributed by atoms with Crippen LogP contribution < -0.4 is 0 Å². The molecular formula is C14H11BrINO4S. The van der Waals surface area contributed by atoms with Crippen LogP contribution in [0.5, 0.6) is 0 Å². The molecule has 22 heavy (non-hydrogen) atoms. The van der Waals surface area contributed by atoms with Crippen molar-refractivity contribution in [2.75, 3.05) is 6.26 Å². The largest absolute Gasteiger partial charge is 0.360 e. The van der Waals surface area contributed by atoms with E-state index in [1.165, 1.54) is 12.3 Å². The van der Waals surface area contributed by atoms with Crippen LogP contribution in [0.3, 0.4) is 0 Å². The van der Waals surface area contributed by atoms with E-state index < -0.39 is 9.84 Å². The van der Waals surface area contributed by atoms with Gasteiger partial charge in [0.15, 0.2) is 21.4 Å². The van der Waals surface area contributed by atoms with Crippen LogP contribution in [0.25, 0.3) is 0 Å². The van der Waals surface area contributed by atoms with Crippen LogP contribution in [0, 0.1) is 3.57 Å². The summed E-state index contributed by atoms with van der Waals surface area (Å²) in [5, 5.41) is 3.70. The first-order valence-corrected chi connectivity index (χ1v) is 10.2. The van der Waals surface area contributed by atoms with E-state index in [0.717, 1.165) is 22.7 Å². The van der Waals surface area contributed by atoms with E-state index in [9.17, 15) is 13.2 Å². The molecule has 0 bridgehead atoms. The van der Waals surface area contributed by atoms with Crippen LogP contribution in [-0.4, -0.2) is 25.6 Å². The maximum absolute atomic E-state index is 12.8. The van der Waals surface area contributed by atoms with Gasteiger partial charge in [-0.1, -0.05) is 5.16 Å². The molecule has 1 aromatic carbocycles. The molecule has 0 amide bonds. The van der Waals surface area contributed by atoms with Crippen LogP contribution in [0.1, 0.15) is 40.4 Å². The van der Waals surface area contributed by atoms with E-state index in [1.807, 2.05) is 22.6 Å². The van der Waals surface area contributed by atoms with Gasteiger partial charge in [0, 0.05) is 21.3 Å². The molecule has 1 heterocycles. The minimum atomic E-state index is -3.56. The van der Waals surface area contributed by atoms with Crippen molar-refractivity contribution in [1.29, 1.82) is 0 Å². The molecule has 116 valence electrons. The second kappa shape index (κ2) is 5.72. The molecule has 0 aliphatic heterocycles. The number of hydrogen-bond donors (Lipinski definition) is 0. The topological polar surface area (TPSA) is 77.2 Å². The third-order valence-electron chi connectivity index (χ3n) is 3.46. The van der Waals surface area contributed by atoms with Crippen LogP contribution >= 0.6 is 38.5 Å². The number of nitrogens with zero attached hydrogens (tertiary/aromatic N) is 1. The van der Waals surface area contributed by atoms with Crippen molar-refractivity contribution in [3.63, 3.8) is 0 Å². The van der Waals surface area contributed by atoms with Crippen LogP contribution in [-0.2, 0) is 9.84 Å². The smallest absolute Gasteiger partial charge is 0.199 e. The Bertz CT molecular complexity index is 871. The maximum Gasteiger partial charge on any atom is 0.199 e. The minimum absolute atomic E-state index is 0.00680. The van der Waals surface area contributed by atoms with E-state index >= 15 is 0 Å². The fourth-order valence-electron chi connectivity index (χ4n) is 2.28. The van der Waals surface area contributed by atoms with E-state index in [4.69, 9.17) is 4.52 Å². The molecule has 0 spiro atoms. The Balaban J connectivity index is 2.18. The van der Waals surface area contributed by atoms with Crippen LogP contribution in [0.4, 0.5) is 0 Å². The second-order valence-electron chi connectivity index (χ2n) is 5.22. The van der Waals surface area contributed by atoms with Gasteiger partial charge in [-0.2, -0.15) is 0 Å². The summed E-state index contributed by atoms with van der Waals surface area (Å²) in [6.07, 6.45) is 4.39. The Kier molecular flexibility index (Phi) is 4.19. The predicted molar refractivity (Wildman–Crippen MR) is 91.9 cm³/mol. The fourth-order valence-corrected chi connectivity index (χ4v) is 5.13. The highest BCUT2D eigenvalue weighted by atomic mass is 127. The zero-order valence-corrected chi connectivity index (χ0v) is 16.0. The third-order valence-corrected chi connectivity index (χ3v) is 7.35. The lowest BCUT2D eigenvalue weighted by atomic mass is 10.0. The molecular weight excluding hydrogens is 485 g/mol. The molecule has 1 aromatic heterocycles. The number of rotatable bonds is 4. The summed E-state index contributed by atoms with van der Waals surface area (Å²) >= 11 is 5.30. The molecule has 0 radical (unpaired) electrons. The zero-order chi connectivity index (χ0) is 16.1. The van der Waals surface area contributed by atoms with Gasteiger partial charge in [-0.25, -0.2) is 8.42 Å².